The van der Waals surface area contributed by atoms with Gasteiger partial charge in [-0.05, 0) is 56.6 Å². The van der Waals surface area contributed by atoms with Crippen LogP contribution in [0.1, 0.15) is 41.9 Å². The van der Waals surface area contributed by atoms with Gasteiger partial charge in [-0.25, -0.2) is 4.98 Å². The highest BCUT2D eigenvalue weighted by atomic mass is 79.9. The predicted molar refractivity (Wildman–Crippen MR) is 99.9 cm³/mol. The van der Waals surface area contributed by atoms with Gasteiger partial charge in [0.15, 0.2) is 0 Å². The van der Waals surface area contributed by atoms with Crippen molar-refractivity contribution in [3.63, 3.8) is 0 Å². The maximum Gasteiger partial charge on any atom is 0.143 e. The van der Waals surface area contributed by atoms with Gasteiger partial charge in [0.2, 0.25) is 0 Å². The number of nitrogens with zero attached hydrogens (tertiary/aromatic N) is 1. The molecule has 1 unspecified atom stereocenters. The highest BCUT2D eigenvalue weighted by Crippen LogP contribution is 2.39. The van der Waals surface area contributed by atoms with Gasteiger partial charge in [0.05, 0.1) is 10.7 Å². The first-order valence-electron chi connectivity index (χ1n) is 8.23. The molecule has 0 amide bonds. The number of allylic oxidation sites excluding steroid dienone is 1. The van der Waals surface area contributed by atoms with Crippen molar-refractivity contribution < 1.29 is 4.84 Å². The summed E-state index contributed by atoms with van der Waals surface area (Å²) in [7, 11) is 0. The summed E-state index contributed by atoms with van der Waals surface area (Å²) in [6, 6.07) is 8.31. The summed E-state index contributed by atoms with van der Waals surface area (Å²) in [6.45, 7) is 4.13. The fourth-order valence-electron chi connectivity index (χ4n) is 3.40. The number of hydrogen-bond donors (Lipinski definition) is 2. The fraction of sp³-hybridized carbons (Fsp3) is 0.389. The van der Waals surface area contributed by atoms with Gasteiger partial charge >= 0.3 is 0 Å². The Balaban J connectivity index is 1.74. The van der Waals surface area contributed by atoms with Crippen LogP contribution in [0.15, 0.2) is 46.0 Å². The summed E-state index contributed by atoms with van der Waals surface area (Å²) in [5.74, 6) is 1.43. The van der Waals surface area contributed by atoms with Crippen LogP contribution in [0.4, 0.5) is 0 Å². The van der Waals surface area contributed by atoms with Gasteiger partial charge in [0.1, 0.15) is 11.3 Å². The first kappa shape index (κ1) is 16.3. The molecule has 0 saturated carbocycles. The lowest BCUT2D eigenvalue weighted by atomic mass is 9.87. The van der Waals surface area contributed by atoms with Gasteiger partial charge in [-0.2, -0.15) is 0 Å². The number of hydrogen-bond acceptors (Lipinski definition) is 5. The summed E-state index contributed by atoms with van der Waals surface area (Å²) in [5.41, 5.74) is 4.83. The molecule has 0 radical (unpaired) electrons. The monoisotopic (exact) mass is 405 g/mol. The van der Waals surface area contributed by atoms with Gasteiger partial charge in [-0.3, -0.25) is 0 Å². The number of piperidine rings is 1. The quantitative estimate of drug-likeness (QED) is 0.807. The maximum absolute atomic E-state index is 5.62. The molecule has 4 rings (SSSR count). The van der Waals surface area contributed by atoms with Crippen LogP contribution < -0.4 is 10.8 Å². The Bertz CT molecular complexity index is 769. The topological polar surface area (TPSA) is 46.2 Å². The number of rotatable bonds is 3. The molecule has 6 heteroatoms. The molecule has 1 atom stereocenters. The van der Waals surface area contributed by atoms with Crippen LogP contribution in [-0.2, 0) is 10.4 Å². The van der Waals surface area contributed by atoms with Crippen LogP contribution in [0, 0.1) is 0 Å². The van der Waals surface area contributed by atoms with Crippen LogP contribution in [0.3, 0.4) is 0 Å². The fourth-order valence-corrected chi connectivity index (χ4v) is 4.85. The molecule has 3 heterocycles. The number of aromatic nitrogens is 1. The minimum Gasteiger partial charge on any atom is -0.412 e. The highest BCUT2D eigenvalue weighted by Gasteiger charge is 2.40. The summed E-state index contributed by atoms with van der Waals surface area (Å²) >= 11 is 5.34. The standard InChI is InChI=1S/C18H20BrN3OS/c1-12-10-18(22-23-12,14-3-2-4-15(19)9-14)16-11-24-17(21-16)13-5-7-20-8-6-13/h2-4,9-11,13,20,22H,5-8H2,1H3. The van der Waals surface area contributed by atoms with Crippen LogP contribution >= 0.6 is 27.3 Å². The molecular weight excluding hydrogens is 386 g/mol. The Hall–Kier alpha value is -1.21. The average molecular weight is 406 g/mol. The average Bonchev–Trinajstić information content (AvgIpc) is 3.23. The van der Waals surface area contributed by atoms with Crippen molar-refractivity contribution in [3.8, 4) is 0 Å². The molecule has 2 aliphatic rings. The van der Waals surface area contributed by atoms with Gasteiger partial charge in [0, 0.05) is 15.8 Å². The van der Waals surface area contributed by atoms with E-state index < -0.39 is 5.54 Å². The summed E-state index contributed by atoms with van der Waals surface area (Å²) in [6.07, 6.45) is 4.45. The SMILES string of the molecule is CC1=CC(c2cccc(Br)c2)(c2csc(C3CCNCC3)n2)NO1. The minimum atomic E-state index is -0.518. The van der Waals surface area contributed by atoms with Crippen LogP contribution in [0.5, 0.6) is 0 Å². The lowest BCUT2D eigenvalue weighted by molar-refractivity contribution is 0.0914. The molecule has 0 aliphatic carbocycles. The third-order valence-corrected chi connectivity index (χ3v) is 6.19. The molecule has 2 N–H and O–H groups in total. The van der Waals surface area contributed by atoms with E-state index in [1.165, 1.54) is 5.01 Å². The van der Waals surface area contributed by atoms with E-state index in [4.69, 9.17) is 9.82 Å². The molecule has 1 aromatic heterocycles. The Morgan fingerprint density at radius 2 is 2.17 bits per heavy atom. The molecule has 4 nitrogen and oxygen atoms in total. The van der Waals surface area contributed by atoms with Crippen LogP contribution in [-0.4, -0.2) is 18.1 Å². The summed E-state index contributed by atoms with van der Waals surface area (Å²) in [5, 5.41) is 6.83. The number of benzene rings is 1. The molecule has 0 spiro atoms. The number of halogens is 1. The van der Waals surface area contributed by atoms with E-state index in [1.54, 1.807) is 11.3 Å². The molecule has 1 aromatic carbocycles. The van der Waals surface area contributed by atoms with Crippen molar-refractivity contribution in [2.75, 3.05) is 13.1 Å². The van der Waals surface area contributed by atoms with E-state index in [0.717, 1.165) is 47.4 Å². The summed E-state index contributed by atoms with van der Waals surface area (Å²) in [4.78, 5) is 10.6. The molecule has 126 valence electrons. The molecule has 2 aliphatic heterocycles. The van der Waals surface area contributed by atoms with Crippen molar-refractivity contribution in [1.29, 1.82) is 0 Å². The largest absolute Gasteiger partial charge is 0.412 e. The van der Waals surface area contributed by atoms with E-state index in [-0.39, 0.29) is 0 Å². The van der Waals surface area contributed by atoms with Gasteiger partial charge in [-0.1, -0.05) is 28.1 Å². The van der Waals surface area contributed by atoms with Gasteiger partial charge in [0.25, 0.3) is 0 Å². The van der Waals surface area contributed by atoms with Crippen molar-refractivity contribution in [2.45, 2.75) is 31.2 Å². The van der Waals surface area contributed by atoms with Crippen molar-refractivity contribution in [3.05, 3.63) is 62.2 Å². The zero-order valence-corrected chi connectivity index (χ0v) is 15.9. The Morgan fingerprint density at radius 3 is 2.88 bits per heavy atom. The van der Waals surface area contributed by atoms with Gasteiger partial charge < -0.3 is 10.2 Å². The molecule has 24 heavy (non-hydrogen) atoms. The first-order valence-corrected chi connectivity index (χ1v) is 9.91. The highest BCUT2D eigenvalue weighted by molar-refractivity contribution is 9.10. The maximum atomic E-state index is 5.62. The van der Waals surface area contributed by atoms with Crippen molar-refractivity contribution in [2.24, 2.45) is 0 Å². The number of hydroxylamine groups is 1. The second kappa shape index (κ2) is 6.59. The molecule has 0 bridgehead atoms. The number of nitrogens with one attached hydrogen (secondary N) is 2. The van der Waals surface area contributed by atoms with E-state index in [2.05, 4.69) is 50.3 Å². The zero-order chi connectivity index (χ0) is 16.6. The Labute approximate surface area is 154 Å². The van der Waals surface area contributed by atoms with Gasteiger partial charge in [-0.15, -0.1) is 16.8 Å². The van der Waals surface area contributed by atoms with Crippen LogP contribution in [0.25, 0.3) is 0 Å². The lowest BCUT2D eigenvalue weighted by Gasteiger charge is -2.25. The Kier molecular flexibility index (Phi) is 4.47. The van der Waals surface area contributed by atoms with E-state index in [0.29, 0.717) is 5.92 Å². The van der Waals surface area contributed by atoms with E-state index in [9.17, 15) is 0 Å². The predicted octanol–water partition coefficient (Wildman–Crippen LogP) is 4.05. The first-order chi connectivity index (χ1) is 11.7. The number of thiazole rings is 1. The Morgan fingerprint density at radius 1 is 1.33 bits per heavy atom. The third-order valence-electron chi connectivity index (χ3n) is 4.69. The third kappa shape index (κ3) is 2.92. The van der Waals surface area contributed by atoms with Crippen LogP contribution in [0.2, 0.25) is 0 Å². The van der Waals surface area contributed by atoms with E-state index in [1.807, 2.05) is 19.1 Å². The zero-order valence-electron chi connectivity index (χ0n) is 13.5. The molecule has 1 saturated heterocycles. The molecule has 1 fully saturated rings. The van der Waals surface area contributed by atoms with Crippen molar-refractivity contribution >= 4 is 27.3 Å². The van der Waals surface area contributed by atoms with Crippen molar-refractivity contribution in [1.82, 2.24) is 15.8 Å². The minimum absolute atomic E-state index is 0.518. The molecular formula is C18H20BrN3OS. The normalized spacial score (nSPS) is 24.7. The lowest BCUT2D eigenvalue weighted by Crippen LogP contribution is -2.37. The summed E-state index contributed by atoms with van der Waals surface area (Å²) < 4.78 is 1.05. The molecule has 2 aromatic rings. The second-order valence-corrected chi connectivity index (χ2v) is 8.18. The smallest absolute Gasteiger partial charge is 0.143 e. The second-order valence-electron chi connectivity index (χ2n) is 6.37. The van der Waals surface area contributed by atoms with E-state index >= 15 is 0 Å².